The highest BCUT2D eigenvalue weighted by Gasteiger charge is 2.38. The van der Waals surface area contributed by atoms with Crippen molar-refractivity contribution in [3.63, 3.8) is 0 Å². The molecular formula is C17H34N4O. The van der Waals surface area contributed by atoms with Crippen molar-refractivity contribution in [3.05, 3.63) is 0 Å². The standard InChI is InChI=1S/C17H34N4O/c1-4-15(2)20-16(18-3)19-14-17(8-6-5-7-9-17)21-10-12-22-13-11-21/h15H,4-14H2,1-3H3,(H2,18,19,20). The second-order valence-corrected chi connectivity index (χ2v) is 6.76. The highest BCUT2D eigenvalue weighted by atomic mass is 16.5. The molecule has 2 fully saturated rings. The van der Waals surface area contributed by atoms with E-state index < -0.39 is 0 Å². The first-order valence-electron chi connectivity index (χ1n) is 9.00. The third-order valence-corrected chi connectivity index (χ3v) is 5.27. The van der Waals surface area contributed by atoms with Gasteiger partial charge in [-0.2, -0.15) is 0 Å². The van der Waals surface area contributed by atoms with E-state index in [4.69, 9.17) is 4.74 Å². The van der Waals surface area contributed by atoms with Gasteiger partial charge in [0.05, 0.1) is 13.2 Å². The van der Waals surface area contributed by atoms with Crippen LogP contribution in [-0.2, 0) is 4.74 Å². The van der Waals surface area contributed by atoms with Crippen molar-refractivity contribution in [1.29, 1.82) is 0 Å². The van der Waals surface area contributed by atoms with E-state index in [1.54, 1.807) is 0 Å². The Morgan fingerprint density at radius 2 is 1.91 bits per heavy atom. The van der Waals surface area contributed by atoms with Crippen LogP contribution in [0.1, 0.15) is 52.4 Å². The van der Waals surface area contributed by atoms with Gasteiger partial charge in [-0.3, -0.25) is 9.89 Å². The molecule has 0 radical (unpaired) electrons. The number of nitrogens with one attached hydrogen (secondary N) is 2. The summed E-state index contributed by atoms with van der Waals surface area (Å²) in [7, 11) is 1.86. The maximum atomic E-state index is 5.55. The van der Waals surface area contributed by atoms with Gasteiger partial charge in [0.2, 0.25) is 0 Å². The van der Waals surface area contributed by atoms with E-state index in [1.807, 2.05) is 7.05 Å². The summed E-state index contributed by atoms with van der Waals surface area (Å²) in [5.41, 5.74) is 0.287. The number of guanidine groups is 1. The normalized spacial score (nSPS) is 24.8. The molecule has 1 unspecified atom stereocenters. The fraction of sp³-hybridized carbons (Fsp3) is 0.941. The minimum absolute atomic E-state index is 0.287. The van der Waals surface area contributed by atoms with Gasteiger partial charge in [-0.1, -0.05) is 26.2 Å². The van der Waals surface area contributed by atoms with Gasteiger partial charge < -0.3 is 15.4 Å². The molecule has 128 valence electrons. The van der Waals surface area contributed by atoms with Gasteiger partial charge in [-0.15, -0.1) is 0 Å². The molecule has 0 aromatic heterocycles. The first-order chi connectivity index (χ1) is 10.7. The number of nitrogens with zero attached hydrogens (tertiary/aromatic N) is 2. The first kappa shape index (κ1) is 17.5. The van der Waals surface area contributed by atoms with Crippen LogP contribution in [0.4, 0.5) is 0 Å². The smallest absolute Gasteiger partial charge is 0.191 e. The van der Waals surface area contributed by atoms with Crippen molar-refractivity contribution in [2.24, 2.45) is 4.99 Å². The molecule has 1 atom stereocenters. The highest BCUT2D eigenvalue weighted by molar-refractivity contribution is 5.80. The summed E-state index contributed by atoms with van der Waals surface area (Å²) in [5, 5.41) is 7.07. The number of ether oxygens (including phenoxy) is 1. The Morgan fingerprint density at radius 1 is 1.23 bits per heavy atom. The van der Waals surface area contributed by atoms with Crippen molar-refractivity contribution in [2.45, 2.75) is 64.0 Å². The monoisotopic (exact) mass is 310 g/mol. The van der Waals surface area contributed by atoms with Crippen molar-refractivity contribution in [2.75, 3.05) is 39.9 Å². The third-order valence-electron chi connectivity index (χ3n) is 5.27. The van der Waals surface area contributed by atoms with Crippen LogP contribution >= 0.6 is 0 Å². The van der Waals surface area contributed by atoms with E-state index >= 15 is 0 Å². The maximum Gasteiger partial charge on any atom is 0.191 e. The maximum absolute atomic E-state index is 5.55. The summed E-state index contributed by atoms with van der Waals surface area (Å²) in [6, 6.07) is 0.455. The first-order valence-corrected chi connectivity index (χ1v) is 9.00. The molecule has 1 aliphatic carbocycles. The van der Waals surface area contributed by atoms with E-state index in [-0.39, 0.29) is 5.54 Å². The average Bonchev–Trinajstić information content (AvgIpc) is 2.60. The van der Waals surface area contributed by atoms with E-state index in [1.165, 1.54) is 32.1 Å². The molecule has 2 N–H and O–H groups in total. The SMILES string of the molecule is CCC(C)NC(=NC)NCC1(N2CCOCC2)CCCCC1. The lowest BCUT2D eigenvalue weighted by atomic mass is 9.80. The zero-order valence-corrected chi connectivity index (χ0v) is 14.7. The van der Waals surface area contributed by atoms with Crippen LogP contribution in [0.15, 0.2) is 4.99 Å². The Balaban J connectivity index is 1.97. The molecule has 1 saturated heterocycles. The lowest BCUT2D eigenvalue weighted by molar-refractivity contribution is -0.0352. The summed E-state index contributed by atoms with van der Waals surface area (Å²) >= 11 is 0. The Bertz CT molecular complexity index is 347. The molecule has 0 amide bonds. The summed E-state index contributed by atoms with van der Waals surface area (Å²) < 4.78 is 5.55. The molecule has 1 heterocycles. The lowest BCUT2D eigenvalue weighted by Crippen LogP contribution is -2.60. The molecule has 5 nitrogen and oxygen atoms in total. The predicted octanol–water partition coefficient (Wildman–Crippen LogP) is 1.98. The van der Waals surface area contributed by atoms with Crippen LogP contribution in [0.5, 0.6) is 0 Å². The van der Waals surface area contributed by atoms with Gasteiger partial charge >= 0.3 is 0 Å². The van der Waals surface area contributed by atoms with Gasteiger partial charge in [0, 0.05) is 38.3 Å². The summed E-state index contributed by atoms with van der Waals surface area (Å²) in [6.07, 6.45) is 7.76. The molecule has 0 spiro atoms. The van der Waals surface area contributed by atoms with Gasteiger partial charge in [-0.25, -0.2) is 0 Å². The van der Waals surface area contributed by atoms with E-state index in [0.29, 0.717) is 6.04 Å². The largest absolute Gasteiger partial charge is 0.379 e. The molecule has 0 bridgehead atoms. The number of aliphatic imine (C=N–C) groups is 1. The topological polar surface area (TPSA) is 48.9 Å². The predicted molar refractivity (Wildman–Crippen MR) is 92.5 cm³/mol. The second kappa shape index (κ2) is 8.73. The van der Waals surface area contributed by atoms with Gasteiger partial charge in [-0.05, 0) is 26.2 Å². The van der Waals surface area contributed by atoms with Crippen LogP contribution in [-0.4, -0.2) is 62.3 Å². The number of hydrogen-bond donors (Lipinski definition) is 2. The molecule has 1 aliphatic heterocycles. The van der Waals surface area contributed by atoms with E-state index in [9.17, 15) is 0 Å². The molecule has 1 saturated carbocycles. The van der Waals surface area contributed by atoms with E-state index in [0.717, 1.165) is 45.2 Å². The Labute approximate surface area is 135 Å². The van der Waals surface area contributed by atoms with Crippen molar-refractivity contribution in [3.8, 4) is 0 Å². The quantitative estimate of drug-likeness (QED) is 0.602. The summed E-state index contributed by atoms with van der Waals surface area (Å²) in [6.45, 7) is 9.27. The molecule has 2 aliphatic rings. The molecule has 5 heteroatoms. The number of rotatable bonds is 5. The number of hydrogen-bond acceptors (Lipinski definition) is 3. The van der Waals surface area contributed by atoms with Crippen LogP contribution in [0.3, 0.4) is 0 Å². The van der Waals surface area contributed by atoms with Crippen LogP contribution in [0, 0.1) is 0 Å². The average molecular weight is 310 g/mol. The molecular weight excluding hydrogens is 276 g/mol. The summed E-state index contributed by atoms with van der Waals surface area (Å²) in [5.74, 6) is 0.938. The van der Waals surface area contributed by atoms with E-state index in [2.05, 4.69) is 34.4 Å². The van der Waals surface area contributed by atoms with Crippen LogP contribution < -0.4 is 10.6 Å². The van der Waals surface area contributed by atoms with Crippen molar-refractivity contribution < 1.29 is 4.74 Å². The van der Waals surface area contributed by atoms with Crippen LogP contribution in [0.25, 0.3) is 0 Å². The Kier molecular flexibility index (Phi) is 6.96. The molecule has 22 heavy (non-hydrogen) atoms. The highest BCUT2D eigenvalue weighted by Crippen LogP contribution is 2.33. The lowest BCUT2D eigenvalue weighted by Gasteiger charge is -2.48. The van der Waals surface area contributed by atoms with Crippen molar-refractivity contribution >= 4 is 5.96 Å². The van der Waals surface area contributed by atoms with Gasteiger partial charge in [0.1, 0.15) is 0 Å². The second-order valence-electron chi connectivity index (χ2n) is 6.76. The third kappa shape index (κ3) is 4.59. The fourth-order valence-corrected chi connectivity index (χ4v) is 3.63. The van der Waals surface area contributed by atoms with Crippen molar-refractivity contribution in [1.82, 2.24) is 15.5 Å². The Hall–Kier alpha value is -0.810. The molecule has 0 aromatic rings. The molecule has 0 aromatic carbocycles. The van der Waals surface area contributed by atoms with Gasteiger partial charge in [0.25, 0.3) is 0 Å². The fourth-order valence-electron chi connectivity index (χ4n) is 3.63. The Morgan fingerprint density at radius 3 is 2.50 bits per heavy atom. The number of morpholine rings is 1. The minimum atomic E-state index is 0.287. The van der Waals surface area contributed by atoms with Gasteiger partial charge in [0.15, 0.2) is 5.96 Å². The zero-order chi connectivity index (χ0) is 15.8. The minimum Gasteiger partial charge on any atom is -0.379 e. The zero-order valence-electron chi connectivity index (χ0n) is 14.7. The summed E-state index contributed by atoms with van der Waals surface area (Å²) in [4.78, 5) is 7.05. The molecule has 2 rings (SSSR count). The van der Waals surface area contributed by atoms with Crippen LogP contribution in [0.2, 0.25) is 0 Å².